The molecule has 4 rings (SSSR count). The summed E-state index contributed by atoms with van der Waals surface area (Å²) in [6.07, 6.45) is 3.81. The standard InChI is InChI=1S/C18H15FN4O3/c19-12-9-10(23-13(17(20)25)2-4-16(23)24)1-3-15(12)26-14-6-8-22-18-11(14)5-7-21-18/h1,3,5-9,13H,2,4H2,(H2,20,25)(H,21,22)/t13-/m1/s1. The fourth-order valence-electron chi connectivity index (χ4n) is 3.14. The Bertz CT molecular complexity index is 1020. The van der Waals surface area contributed by atoms with Gasteiger partial charge in [-0.05, 0) is 30.7 Å². The molecule has 1 aromatic carbocycles. The molecule has 1 aliphatic heterocycles. The van der Waals surface area contributed by atoms with Crippen LogP contribution >= 0.6 is 0 Å². The minimum atomic E-state index is -0.756. The maximum atomic E-state index is 14.6. The number of primary amides is 1. The Labute approximate surface area is 147 Å². The highest BCUT2D eigenvalue weighted by molar-refractivity contribution is 6.03. The van der Waals surface area contributed by atoms with Crippen molar-refractivity contribution in [1.29, 1.82) is 0 Å². The minimum absolute atomic E-state index is 0.00437. The molecule has 0 unspecified atom stereocenters. The van der Waals surface area contributed by atoms with Crippen molar-refractivity contribution in [1.82, 2.24) is 9.97 Å². The summed E-state index contributed by atoms with van der Waals surface area (Å²) < 4.78 is 20.2. The van der Waals surface area contributed by atoms with Crippen molar-refractivity contribution < 1.29 is 18.7 Å². The molecule has 0 radical (unpaired) electrons. The predicted molar refractivity (Wildman–Crippen MR) is 92.3 cm³/mol. The Hall–Kier alpha value is -3.42. The lowest BCUT2D eigenvalue weighted by atomic mass is 10.2. The number of amides is 2. The number of benzene rings is 1. The third kappa shape index (κ3) is 2.65. The number of hydrogen-bond donors (Lipinski definition) is 2. The molecule has 2 aromatic heterocycles. The van der Waals surface area contributed by atoms with Crippen LogP contribution in [0, 0.1) is 5.82 Å². The highest BCUT2D eigenvalue weighted by Gasteiger charge is 2.36. The molecule has 8 heteroatoms. The van der Waals surface area contributed by atoms with Gasteiger partial charge in [-0.25, -0.2) is 9.37 Å². The van der Waals surface area contributed by atoms with Gasteiger partial charge in [-0.2, -0.15) is 0 Å². The van der Waals surface area contributed by atoms with E-state index >= 15 is 0 Å². The van der Waals surface area contributed by atoms with Crippen LogP contribution in [0.25, 0.3) is 11.0 Å². The van der Waals surface area contributed by atoms with Crippen molar-refractivity contribution in [2.24, 2.45) is 5.73 Å². The molecular formula is C18H15FN4O3. The Morgan fingerprint density at radius 2 is 2.15 bits per heavy atom. The average molecular weight is 354 g/mol. The highest BCUT2D eigenvalue weighted by atomic mass is 19.1. The second kappa shape index (κ2) is 6.14. The maximum Gasteiger partial charge on any atom is 0.240 e. The number of anilines is 1. The van der Waals surface area contributed by atoms with Crippen molar-refractivity contribution in [2.45, 2.75) is 18.9 Å². The lowest BCUT2D eigenvalue weighted by molar-refractivity contribution is -0.121. The Morgan fingerprint density at radius 3 is 2.92 bits per heavy atom. The van der Waals surface area contributed by atoms with Crippen LogP contribution in [0.2, 0.25) is 0 Å². The summed E-state index contributed by atoms with van der Waals surface area (Å²) in [7, 11) is 0. The third-order valence-corrected chi connectivity index (χ3v) is 4.37. The number of nitrogens with one attached hydrogen (secondary N) is 1. The maximum absolute atomic E-state index is 14.6. The second-order valence-corrected chi connectivity index (χ2v) is 5.99. The zero-order valence-electron chi connectivity index (χ0n) is 13.6. The van der Waals surface area contributed by atoms with Gasteiger partial charge in [0.2, 0.25) is 11.8 Å². The van der Waals surface area contributed by atoms with Gasteiger partial charge in [-0.1, -0.05) is 0 Å². The summed E-state index contributed by atoms with van der Waals surface area (Å²) in [6.45, 7) is 0. The topological polar surface area (TPSA) is 101 Å². The number of H-pyrrole nitrogens is 1. The van der Waals surface area contributed by atoms with E-state index in [1.807, 2.05) is 0 Å². The first kappa shape index (κ1) is 16.1. The van der Waals surface area contributed by atoms with E-state index in [1.165, 1.54) is 23.1 Å². The van der Waals surface area contributed by atoms with E-state index in [2.05, 4.69) is 9.97 Å². The Morgan fingerprint density at radius 1 is 1.31 bits per heavy atom. The average Bonchev–Trinajstić information content (AvgIpc) is 3.23. The zero-order valence-corrected chi connectivity index (χ0v) is 13.6. The molecule has 0 aliphatic carbocycles. The Balaban J connectivity index is 1.65. The largest absolute Gasteiger partial charge is 0.453 e. The summed E-state index contributed by atoms with van der Waals surface area (Å²) >= 11 is 0. The third-order valence-electron chi connectivity index (χ3n) is 4.37. The summed E-state index contributed by atoms with van der Waals surface area (Å²) in [5.74, 6) is -1.06. The van der Waals surface area contributed by atoms with Crippen LogP contribution in [0.5, 0.6) is 11.5 Å². The number of hydrogen-bond acceptors (Lipinski definition) is 4. The normalized spacial score (nSPS) is 17.0. The van der Waals surface area contributed by atoms with E-state index < -0.39 is 17.8 Å². The monoisotopic (exact) mass is 354 g/mol. The first-order chi connectivity index (χ1) is 12.5. The summed E-state index contributed by atoms with van der Waals surface area (Å²) in [6, 6.07) is 6.79. The molecule has 3 heterocycles. The van der Waals surface area contributed by atoms with E-state index in [0.29, 0.717) is 17.8 Å². The first-order valence-corrected chi connectivity index (χ1v) is 8.05. The van der Waals surface area contributed by atoms with E-state index in [4.69, 9.17) is 10.5 Å². The van der Waals surface area contributed by atoms with Crippen LogP contribution in [-0.4, -0.2) is 27.8 Å². The number of carbonyl (C=O) groups is 2. The molecule has 1 aliphatic rings. The number of halogens is 1. The number of nitrogens with zero attached hydrogens (tertiary/aromatic N) is 2. The number of rotatable bonds is 4. The molecule has 1 fully saturated rings. The number of carbonyl (C=O) groups excluding carboxylic acids is 2. The first-order valence-electron chi connectivity index (χ1n) is 8.05. The smallest absolute Gasteiger partial charge is 0.240 e. The molecule has 26 heavy (non-hydrogen) atoms. The van der Waals surface area contributed by atoms with E-state index in [1.54, 1.807) is 24.5 Å². The lowest BCUT2D eigenvalue weighted by Crippen LogP contribution is -2.42. The van der Waals surface area contributed by atoms with Gasteiger partial charge in [-0.3, -0.25) is 14.5 Å². The SMILES string of the molecule is NC(=O)[C@H]1CCC(=O)N1c1ccc(Oc2ccnc3[nH]ccc23)c(F)c1. The fourth-order valence-corrected chi connectivity index (χ4v) is 3.14. The van der Waals surface area contributed by atoms with E-state index in [0.717, 1.165) is 5.39 Å². The van der Waals surface area contributed by atoms with Gasteiger partial charge < -0.3 is 15.5 Å². The number of ether oxygens (including phenoxy) is 1. The molecule has 0 spiro atoms. The van der Waals surface area contributed by atoms with Gasteiger partial charge in [-0.15, -0.1) is 0 Å². The quantitative estimate of drug-likeness (QED) is 0.751. The van der Waals surface area contributed by atoms with Gasteiger partial charge >= 0.3 is 0 Å². The van der Waals surface area contributed by atoms with Crippen LogP contribution in [0.15, 0.2) is 42.7 Å². The van der Waals surface area contributed by atoms with Crippen molar-refractivity contribution >= 4 is 28.5 Å². The number of aromatic amines is 1. The molecule has 0 saturated carbocycles. The molecule has 7 nitrogen and oxygen atoms in total. The minimum Gasteiger partial charge on any atom is -0.453 e. The van der Waals surface area contributed by atoms with E-state index in [-0.39, 0.29) is 23.8 Å². The van der Waals surface area contributed by atoms with Gasteiger partial charge in [0.25, 0.3) is 0 Å². The van der Waals surface area contributed by atoms with Gasteiger partial charge in [0, 0.05) is 30.6 Å². The van der Waals surface area contributed by atoms with Gasteiger partial charge in [0.05, 0.1) is 5.39 Å². The van der Waals surface area contributed by atoms with Crippen LogP contribution in [-0.2, 0) is 9.59 Å². The number of fused-ring (bicyclic) bond motifs is 1. The molecule has 132 valence electrons. The molecule has 0 bridgehead atoms. The lowest BCUT2D eigenvalue weighted by Gasteiger charge is -2.22. The molecule has 1 atom stereocenters. The van der Waals surface area contributed by atoms with Crippen LogP contribution < -0.4 is 15.4 Å². The number of pyridine rings is 1. The van der Waals surface area contributed by atoms with Crippen LogP contribution in [0.1, 0.15) is 12.8 Å². The summed E-state index contributed by atoms with van der Waals surface area (Å²) in [5, 5.41) is 0.722. The molecule has 3 N–H and O–H groups in total. The molecule has 2 amide bonds. The zero-order chi connectivity index (χ0) is 18.3. The van der Waals surface area contributed by atoms with Crippen molar-refractivity contribution in [3.05, 3.63) is 48.5 Å². The molecule has 3 aromatic rings. The van der Waals surface area contributed by atoms with Crippen molar-refractivity contribution in [3.8, 4) is 11.5 Å². The van der Waals surface area contributed by atoms with Crippen LogP contribution in [0.3, 0.4) is 0 Å². The van der Waals surface area contributed by atoms with Gasteiger partial charge in [0.1, 0.15) is 17.4 Å². The van der Waals surface area contributed by atoms with Crippen LogP contribution in [0.4, 0.5) is 10.1 Å². The summed E-state index contributed by atoms with van der Waals surface area (Å²) in [5.41, 5.74) is 6.25. The molecular weight excluding hydrogens is 339 g/mol. The number of nitrogens with two attached hydrogens (primary N) is 1. The molecule has 1 saturated heterocycles. The highest BCUT2D eigenvalue weighted by Crippen LogP contribution is 2.33. The van der Waals surface area contributed by atoms with Gasteiger partial charge in [0.15, 0.2) is 11.6 Å². The number of aromatic nitrogens is 2. The fraction of sp³-hybridized carbons (Fsp3) is 0.167. The van der Waals surface area contributed by atoms with E-state index in [9.17, 15) is 14.0 Å². The Kier molecular flexibility index (Phi) is 3.80. The second-order valence-electron chi connectivity index (χ2n) is 5.99. The predicted octanol–water partition coefficient (Wildman–Crippen LogP) is 2.48. The summed E-state index contributed by atoms with van der Waals surface area (Å²) in [4.78, 5) is 31.9. The van der Waals surface area contributed by atoms with Crippen molar-refractivity contribution in [2.75, 3.05) is 4.90 Å². The van der Waals surface area contributed by atoms with Crippen molar-refractivity contribution in [3.63, 3.8) is 0 Å².